The summed E-state index contributed by atoms with van der Waals surface area (Å²) in [6, 6.07) is 8.82. The number of carbonyl (C=O) groups excluding carboxylic acids is 1. The predicted molar refractivity (Wildman–Crippen MR) is 113 cm³/mol. The van der Waals surface area contributed by atoms with Gasteiger partial charge in [-0.3, -0.25) is 4.79 Å². The van der Waals surface area contributed by atoms with E-state index >= 15 is 0 Å². The van der Waals surface area contributed by atoms with E-state index in [9.17, 15) is 18.0 Å². The van der Waals surface area contributed by atoms with Crippen LogP contribution in [0.25, 0.3) is 11.4 Å². The number of fused-ring (bicyclic) bond motifs is 1. The van der Waals surface area contributed by atoms with Crippen molar-refractivity contribution in [3.63, 3.8) is 0 Å². The first-order valence-corrected chi connectivity index (χ1v) is 9.32. The highest BCUT2D eigenvalue weighted by atomic mass is 19.4. The van der Waals surface area contributed by atoms with E-state index in [1.807, 2.05) is 6.07 Å². The molecule has 0 saturated carbocycles. The van der Waals surface area contributed by atoms with Crippen LogP contribution in [0.1, 0.15) is 31.1 Å². The Morgan fingerprint density at radius 1 is 1.12 bits per heavy atom. The number of aliphatic carboxylic acids is 1. The molecule has 12 heteroatoms. The molecule has 0 saturated heterocycles. The Hall–Kier alpha value is -3.83. The maximum Gasteiger partial charge on any atom is 0.490 e. The van der Waals surface area contributed by atoms with Crippen LogP contribution in [0, 0.1) is 5.41 Å². The Bertz CT molecular complexity index is 1040. The fraction of sp³-hybridized carbons (Fsp3) is 0.300. The van der Waals surface area contributed by atoms with Gasteiger partial charge in [0.25, 0.3) is 0 Å². The van der Waals surface area contributed by atoms with E-state index in [1.54, 1.807) is 30.5 Å². The summed E-state index contributed by atoms with van der Waals surface area (Å²) >= 11 is 0. The predicted octanol–water partition coefficient (Wildman–Crippen LogP) is 3.84. The van der Waals surface area contributed by atoms with Crippen LogP contribution in [-0.4, -0.2) is 44.7 Å². The van der Waals surface area contributed by atoms with Crippen LogP contribution < -0.4 is 16.4 Å². The monoisotopic (exact) mass is 452 g/mol. The topological polar surface area (TPSA) is 146 Å². The minimum atomic E-state index is -5.08. The quantitative estimate of drug-likeness (QED) is 0.395. The molecule has 2 heterocycles. The van der Waals surface area contributed by atoms with Crippen LogP contribution in [0.4, 0.5) is 30.6 Å². The summed E-state index contributed by atoms with van der Waals surface area (Å²) in [5.41, 5.74) is 7.59. The van der Waals surface area contributed by atoms with Gasteiger partial charge in [0.1, 0.15) is 11.6 Å². The lowest BCUT2D eigenvalue weighted by molar-refractivity contribution is -0.192. The van der Waals surface area contributed by atoms with Crippen molar-refractivity contribution in [3.05, 3.63) is 42.1 Å². The van der Waals surface area contributed by atoms with Crippen LogP contribution in [0.3, 0.4) is 0 Å². The van der Waals surface area contributed by atoms with E-state index in [0.29, 0.717) is 11.5 Å². The van der Waals surface area contributed by atoms with Gasteiger partial charge in [-0.05, 0) is 35.7 Å². The summed E-state index contributed by atoms with van der Waals surface area (Å²) in [6.07, 6.45) is -3.34. The van der Waals surface area contributed by atoms with Gasteiger partial charge < -0.3 is 26.5 Å². The van der Waals surface area contributed by atoms with Crippen LogP contribution >= 0.6 is 0 Å². The minimum Gasteiger partial charge on any atom is -0.475 e. The standard InChI is InChI=1S/C18H22N6O.C2HF3O2/c1-18(2,3)10-21-16-13-8-9-20-15(13)23-17(24-16)22-12-6-4-11(5-7-12)14(19)25;3-2(4,5)1(6)7/h4-9H,10H2,1-3H3,(H2,19,25)(H3,20,21,22,23,24);(H,6,7). The van der Waals surface area contributed by atoms with E-state index in [1.165, 1.54) is 0 Å². The molecule has 0 atom stereocenters. The molecule has 0 bridgehead atoms. The summed E-state index contributed by atoms with van der Waals surface area (Å²) < 4.78 is 31.7. The van der Waals surface area contributed by atoms with E-state index in [-0.39, 0.29) is 5.41 Å². The molecule has 9 nitrogen and oxygen atoms in total. The summed E-state index contributed by atoms with van der Waals surface area (Å²) in [4.78, 5) is 32.2. The lowest BCUT2D eigenvalue weighted by Crippen LogP contribution is -2.21. The largest absolute Gasteiger partial charge is 0.490 e. The van der Waals surface area contributed by atoms with Crippen LogP contribution in [0.5, 0.6) is 0 Å². The number of primary amides is 1. The molecule has 0 fully saturated rings. The Morgan fingerprint density at radius 3 is 2.22 bits per heavy atom. The Balaban J connectivity index is 0.000000451. The second-order valence-corrected chi connectivity index (χ2v) is 7.92. The van der Waals surface area contributed by atoms with Gasteiger partial charge >= 0.3 is 12.1 Å². The SMILES string of the molecule is CC(C)(C)CNc1nc(Nc2ccc(C(N)=O)cc2)[nH]c2nccc1-2.O=C(O)C(F)(F)F. The number of halogens is 3. The van der Waals surface area contributed by atoms with Crippen molar-refractivity contribution in [1.29, 1.82) is 0 Å². The number of aromatic amines is 1. The second-order valence-electron chi connectivity index (χ2n) is 7.92. The number of carboxylic acid groups (broad SMARTS) is 1. The highest BCUT2D eigenvalue weighted by Crippen LogP contribution is 2.29. The van der Waals surface area contributed by atoms with E-state index < -0.39 is 18.1 Å². The van der Waals surface area contributed by atoms with Crippen molar-refractivity contribution in [3.8, 4) is 11.4 Å². The maximum absolute atomic E-state index is 11.2. The number of amides is 1. The van der Waals surface area contributed by atoms with Crippen molar-refractivity contribution < 1.29 is 27.9 Å². The highest BCUT2D eigenvalue weighted by Gasteiger charge is 2.38. The minimum absolute atomic E-state index is 0.131. The number of carboxylic acids is 1. The number of carbonyl (C=O) groups is 2. The number of H-pyrrole nitrogens is 1. The van der Waals surface area contributed by atoms with Gasteiger partial charge in [-0.2, -0.15) is 18.2 Å². The molecule has 0 spiro atoms. The number of hydrogen-bond acceptors (Lipinski definition) is 6. The average Bonchev–Trinajstić information content (AvgIpc) is 3.14. The smallest absolute Gasteiger partial charge is 0.475 e. The summed E-state index contributed by atoms with van der Waals surface area (Å²) in [5, 5.41) is 13.7. The first kappa shape index (κ1) is 24.4. The van der Waals surface area contributed by atoms with Crippen LogP contribution in [-0.2, 0) is 4.79 Å². The van der Waals surface area contributed by atoms with Crippen molar-refractivity contribution in [2.45, 2.75) is 26.9 Å². The lowest BCUT2D eigenvalue weighted by atomic mass is 9.97. The van der Waals surface area contributed by atoms with Gasteiger partial charge in [0, 0.05) is 24.0 Å². The van der Waals surface area contributed by atoms with Crippen LogP contribution in [0.15, 0.2) is 36.5 Å². The number of alkyl halides is 3. The van der Waals surface area contributed by atoms with Gasteiger partial charge in [0.2, 0.25) is 11.9 Å². The molecule has 1 amide bonds. The first-order chi connectivity index (χ1) is 14.8. The molecule has 32 heavy (non-hydrogen) atoms. The van der Waals surface area contributed by atoms with Crippen molar-refractivity contribution >= 4 is 29.3 Å². The summed E-state index contributed by atoms with van der Waals surface area (Å²) in [5.74, 6) is -1.12. The van der Waals surface area contributed by atoms with Crippen molar-refractivity contribution in [2.24, 2.45) is 11.1 Å². The Labute approximate surface area is 181 Å². The molecule has 1 aromatic rings. The van der Waals surface area contributed by atoms with Crippen LogP contribution in [0.2, 0.25) is 0 Å². The Kier molecular flexibility index (Phi) is 7.28. The van der Waals surface area contributed by atoms with E-state index in [2.05, 4.69) is 46.4 Å². The fourth-order valence-electron chi connectivity index (χ4n) is 2.34. The third kappa shape index (κ3) is 7.15. The normalized spacial score (nSPS) is 11.4. The molecule has 3 rings (SSSR count). The number of aromatic nitrogens is 3. The maximum atomic E-state index is 11.2. The molecule has 6 N–H and O–H groups in total. The zero-order valence-corrected chi connectivity index (χ0v) is 17.5. The first-order valence-electron chi connectivity index (χ1n) is 9.32. The highest BCUT2D eigenvalue weighted by molar-refractivity contribution is 5.93. The number of nitrogens with one attached hydrogen (secondary N) is 3. The molecule has 0 radical (unpaired) electrons. The number of benzene rings is 1. The molecule has 1 aromatic carbocycles. The zero-order chi connectivity index (χ0) is 24.1. The molecule has 2 aliphatic rings. The molecular weight excluding hydrogens is 429 g/mol. The Morgan fingerprint density at radius 2 is 1.72 bits per heavy atom. The second kappa shape index (κ2) is 9.54. The van der Waals surface area contributed by atoms with E-state index in [0.717, 1.165) is 29.4 Å². The molecule has 0 unspecified atom stereocenters. The number of rotatable bonds is 5. The number of nitrogens with zero attached hydrogens (tertiary/aromatic N) is 2. The van der Waals surface area contributed by atoms with Gasteiger partial charge in [-0.15, -0.1) is 0 Å². The number of nitrogens with two attached hydrogens (primary N) is 1. The number of anilines is 3. The third-order valence-corrected chi connectivity index (χ3v) is 3.88. The van der Waals surface area contributed by atoms with Gasteiger partial charge in [0.05, 0.1) is 5.56 Å². The molecule has 0 aliphatic carbocycles. The van der Waals surface area contributed by atoms with Gasteiger partial charge in [-0.1, -0.05) is 20.8 Å². The summed E-state index contributed by atoms with van der Waals surface area (Å²) in [6.45, 7) is 7.27. The van der Waals surface area contributed by atoms with Crippen molar-refractivity contribution in [2.75, 3.05) is 17.2 Å². The molecule has 172 valence electrons. The molecule has 0 aromatic heterocycles. The lowest BCUT2D eigenvalue weighted by Gasteiger charge is -2.21. The van der Waals surface area contributed by atoms with Gasteiger partial charge in [0.15, 0.2) is 0 Å². The van der Waals surface area contributed by atoms with E-state index in [4.69, 9.17) is 15.6 Å². The average molecular weight is 452 g/mol. The third-order valence-electron chi connectivity index (χ3n) is 3.88. The van der Waals surface area contributed by atoms with Crippen molar-refractivity contribution in [1.82, 2.24) is 15.0 Å². The summed E-state index contributed by atoms with van der Waals surface area (Å²) in [7, 11) is 0. The fourth-order valence-corrected chi connectivity index (χ4v) is 2.34. The molecular formula is C20H23F3N6O3. The zero-order valence-electron chi connectivity index (χ0n) is 17.5. The van der Waals surface area contributed by atoms with Gasteiger partial charge in [-0.25, -0.2) is 9.78 Å². The number of hydrogen-bond donors (Lipinski definition) is 5. The molecule has 2 aliphatic heterocycles.